The Morgan fingerprint density at radius 1 is 0.833 bits per heavy atom. The Labute approximate surface area is 243 Å². The van der Waals surface area contributed by atoms with E-state index >= 15 is 0 Å². The molecule has 0 saturated carbocycles. The quantitative estimate of drug-likeness (QED) is 0.215. The summed E-state index contributed by atoms with van der Waals surface area (Å²) >= 11 is 0.947. The topological polar surface area (TPSA) is 73.2 Å². The second-order valence-corrected chi connectivity index (χ2v) is 9.76. The molecule has 16 heteroatoms. The summed E-state index contributed by atoms with van der Waals surface area (Å²) in [6.07, 6.45) is -19.0. The first-order valence-electron chi connectivity index (χ1n) is 11.2. The van der Waals surface area contributed by atoms with Crippen molar-refractivity contribution >= 4 is 45.8 Å². The number of amides is 2. The van der Waals surface area contributed by atoms with Crippen molar-refractivity contribution in [3.8, 4) is 6.07 Å². The third kappa shape index (κ3) is 6.30. The second kappa shape index (κ2) is 11.4. The van der Waals surface area contributed by atoms with Gasteiger partial charge in [0.2, 0.25) is 0 Å². The van der Waals surface area contributed by atoms with E-state index in [0.29, 0.717) is 0 Å². The molecule has 0 fully saturated rings. The number of benzene rings is 3. The molecule has 0 aliphatic carbocycles. The summed E-state index contributed by atoms with van der Waals surface area (Å²) in [4.78, 5) is 26.8. The summed E-state index contributed by atoms with van der Waals surface area (Å²) in [6.45, 7) is 0. The number of anilines is 2. The molecule has 5 nitrogen and oxygen atoms in total. The van der Waals surface area contributed by atoms with Gasteiger partial charge in [0, 0.05) is 33.0 Å². The van der Waals surface area contributed by atoms with Crippen molar-refractivity contribution in [3.63, 3.8) is 0 Å². The van der Waals surface area contributed by atoms with Crippen LogP contribution in [0.4, 0.5) is 55.3 Å². The predicted octanol–water partition coefficient (Wildman–Crippen LogP) is 8.00. The van der Waals surface area contributed by atoms with Gasteiger partial charge in [-0.1, -0.05) is 12.1 Å². The number of hydrogen-bond acceptors (Lipinski definition) is 3. The minimum absolute atomic E-state index is 0.0636. The molecule has 0 spiro atoms. The number of nitriles is 1. The maximum atomic E-state index is 14.5. The average Bonchev–Trinajstić information content (AvgIpc) is 2.90. The number of carbonyl (C=O) groups excluding carboxylic acids is 2. The van der Waals surface area contributed by atoms with Crippen molar-refractivity contribution in [1.82, 2.24) is 0 Å². The Balaban J connectivity index is 2.02. The van der Waals surface area contributed by atoms with Gasteiger partial charge in [-0.05, 0) is 71.1 Å². The maximum absolute atomic E-state index is 14.5. The van der Waals surface area contributed by atoms with E-state index in [0.717, 1.165) is 39.6 Å². The summed E-state index contributed by atoms with van der Waals surface area (Å²) in [7, 11) is 1.30. The van der Waals surface area contributed by atoms with Crippen LogP contribution in [0.25, 0.3) is 0 Å². The third-order valence-electron chi connectivity index (χ3n) is 5.85. The molecule has 3 aromatic rings. The van der Waals surface area contributed by atoms with Gasteiger partial charge in [-0.2, -0.15) is 44.8 Å². The average molecular weight is 717 g/mol. The van der Waals surface area contributed by atoms with Gasteiger partial charge in [-0.25, -0.2) is 4.39 Å². The van der Waals surface area contributed by atoms with Gasteiger partial charge in [0.25, 0.3) is 11.8 Å². The number of rotatable bonds is 5. The normalized spacial score (nSPS) is 12.5. The van der Waals surface area contributed by atoms with Crippen molar-refractivity contribution in [1.29, 1.82) is 5.26 Å². The van der Waals surface area contributed by atoms with Gasteiger partial charge in [0.15, 0.2) is 0 Å². The lowest BCUT2D eigenvalue weighted by Gasteiger charge is -2.31. The molecule has 0 heterocycles. The zero-order valence-corrected chi connectivity index (χ0v) is 22.8. The van der Waals surface area contributed by atoms with Crippen LogP contribution in [-0.4, -0.2) is 31.2 Å². The van der Waals surface area contributed by atoms with Crippen molar-refractivity contribution in [3.05, 3.63) is 92.1 Å². The second-order valence-electron chi connectivity index (χ2n) is 8.59. The predicted molar refractivity (Wildman–Crippen MR) is 137 cm³/mol. The Bertz CT molecular complexity index is 1560. The number of carbonyl (C=O) groups is 2. The molecule has 2 amide bonds. The van der Waals surface area contributed by atoms with Crippen LogP contribution in [0.1, 0.15) is 37.4 Å². The molecule has 0 unspecified atom stereocenters. The fraction of sp³-hybridized carbons (Fsp3) is 0.192. The van der Waals surface area contributed by atoms with Gasteiger partial charge in [-0.15, -0.1) is 0 Å². The maximum Gasteiger partial charge on any atom is 0.435 e. The highest BCUT2D eigenvalue weighted by Crippen LogP contribution is 2.54. The van der Waals surface area contributed by atoms with E-state index in [4.69, 9.17) is 5.26 Å². The number of nitrogens with zero attached hydrogens (tertiary/aromatic N) is 2. The highest BCUT2D eigenvalue weighted by atomic mass is 127. The summed E-state index contributed by atoms with van der Waals surface area (Å²) < 4.78 is 134. The van der Waals surface area contributed by atoms with Crippen LogP contribution in [0.5, 0.6) is 0 Å². The molecule has 0 aliphatic heterocycles. The van der Waals surface area contributed by atoms with Crippen LogP contribution in [0.3, 0.4) is 0 Å². The molecule has 3 aromatic carbocycles. The standard InChI is InChI=1S/C26H14F10IN3O2/c1-40(22(42)15-6-2-4-13(8-15)12-38)17-7-3-5-14(9-17)21(41)39-20-18(24(28,29)30)10-16(11-19(20)37)23(27,25(31,32)33)26(34,35)36/h2-11H,1H3,(H,39,41). The molecule has 42 heavy (non-hydrogen) atoms. The lowest BCUT2D eigenvalue weighted by atomic mass is 9.92. The van der Waals surface area contributed by atoms with Crippen LogP contribution in [0, 0.1) is 14.9 Å². The first-order chi connectivity index (χ1) is 19.2. The zero-order valence-electron chi connectivity index (χ0n) is 20.6. The Kier molecular flexibility index (Phi) is 8.87. The number of hydrogen-bond donors (Lipinski definition) is 1. The van der Waals surface area contributed by atoms with Gasteiger partial charge in [0.05, 0.1) is 22.9 Å². The lowest BCUT2D eigenvalue weighted by molar-refractivity contribution is -0.348. The molecule has 0 bridgehead atoms. The highest BCUT2D eigenvalue weighted by molar-refractivity contribution is 14.1. The van der Waals surface area contributed by atoms with Crippen molar-refractivity contribution in [2.45, 2.75) is 24.2 Å². The molecule has 1 N–H and O–H groups in total. The van der Waals surface area contributed by atoms with Crippen LogP contribution < -0.4 is 10.2 Å². The van der Waals surface area contributed by atoms with Crippen molar-refractivity contribution in [2.75, 3.05) is 17.3 Å². The third-order valence-corrected chi connectivity index (χ3v) is 6.70. The van der Waals surface area contributed by atoms with Gasteiger partial charge in [-0.3, -0.25) is 9.59 Å². The minimum Gasteiger partial charge on any atom is -0.320 e. The van der Waals surface area contributed by atoms with Crippen molar-refractivity contribution in [2.24, 2.45) is 0 Å². The largest absolute Gasteiger partial charge is 0.435 e. The summed E-state index contributed by atoms with van der Waals surface area (Å²) in [5.41, 5.74) is -11.9. The monoisotopic (exact) mass is 717 g/mol. The highest BCUT2D eigenvalue weighted by Gasteiger charge is 2.73. The first kappa shape index (κ1) is 32.6. The molecule has 0 saturated heterocycles. The Morgan fingerprint density at radius 2 is 1.40 bits per heavy atom. The van der Waals surface area contributed by atoms with E-state index in [-0.39, 0.29) is 28.4 Å². The van der Waals surface area contributed by atoms with E-state index < -0.39 is 62.5 Å². The van der Waals surface area contributed by atoms with E-state index in [1.165, 1.54) is 43.4 Å². The fourth-order valence-corrected chi connectivity index (χ4v) is 4.48. The summed E-state index contributed by atoms with van der Waals surface area (Å²) in [5, 5.41) is 10.8. The van der Waals surface area contributed by atoms with E-state index in [9.17, 15) is 53.5 Å². The minimum atomic E-state index is -6.66. The molecule has 0 atom stereocenters. The van der Waals surface area contributed by atoms with Gasteiger partial charge >= 0.3 is 24.2 Å². The number of nitrogens with one attached hydrogen (secondary N) is 1. The zero-order chi connectivity index (χ0) is 31.8. The molecule has 0 aliphatic rings. The molecular weight excluding hydrogens is 703 g/mol. The Morgan fingerprint density at radius 3 is 1.95 bits per heavy atom. The molecule has 222 valence electrons. The summed E-state index contributed by atoms with van der Waals surface area (Å²) in [5.74, 6) is -1.91. The first-order valence-corrected chi connectivity index (χ1v) is 12.2. The summed E-state index contributed by atoms with van der Waals surface area (Å²) in [6, 6.07) is 11.5. The van der Waals surface area contributed by atoms with Crippen molar-refractivity contribution < 1.29 is 53.5 Å². The molecule has 0 radical (unpaired) electrons. The molecular formula is C26H14F10IN3O2. The van der Waals surface area contributed by atoms with Crippen LogP contribution in [0.2, 0.25) is 0 Å². The van der Waals surface area contributed by atoms with Crippen LogP contribution in [0.15, 0.2) is 60.7 Å². The molecule has 3 rings (SSSR count). The van der Waals surface area contributed by atoms with E-state index in [1.807, 2.05) is 11.4 Å². The SMILES string of the molecule is CN(C(=O)c1cccc(C#N)c1)c1cccc(C(=O)Nc2c(I)cc(C(F)(C(F)(F)F)C(F)(F)F)cc2C(F)(F)F)c1. The fourth-order valence-electron chi connectivity index (χ4n) is 3.72. The smallest absolute Gasteiger partial charge is 0.320 e. The van der Waals surface area contributed by atoms with E-state index in [2.05, 4.69) is 0 Å². The van der Waals surface area contributed by atoms with Gasteiger partial charge < -0.3 is 10.2 Å². The number of halogens is 11. The number of alkyl halides is 10. The van der Waals surface area contributed by atoms with Crippen LogP contribution in [-0.2, 0) is 11.8 Å². The lowest BCUT2D eigenvalue weighted by Crippen LogP contribution is -2.50. The van der Waals surface area contributed by atoms with Crippen LogP contribution >= 0.6 is 22.6 Å². The Hall–Kier alpha value is -3.88. The van der Waals surface area contributed by atoms with Gasteiger partial charge in [0.1, 0.15) is 0 Å². The van der Waals surface area contributed by atoms with E-state index in [1.54, 1.807) is 0 Å². The molecule has 0 aromatic heterocycles.